The second-order valence-electron chi connectivity index (χ2n) is 6.30. The Balaban J connectivity index is 1.81. The Kier molecular flexibility index (Phi) is 6.21. The van der Waals surface area contributed by atoms with Crippen molar-refractivity contribution < 1.29 is 13.2 Å². The Labute approximate surface area is 170 Å². The molecule has 0 aromatic heterocycles. The van der Waals surface area contributed by atoms with E-state index in [-0.39, 0.29) is 4.90 Å². The summed E-state index contributed by atoms with van der Waals surface area (Å²) in [6.07, 6.45) is 0. The van der Waals surface area contributed by atoms with Crippen molar-refractivity contribution in [3.63, 3.8) is 0 Å². The first-order chi connectivity index (χ1) is 12.8. The lowest BCUT2D eigenvalue weighted by Gasteiger charge is -2.36. The molecule has 0 amide bonds. The molecule has 3 rings (SSSR count). The fourth-order valence-electron chi connectivity index (χ4n) is 3.21. The molecule has 27 heavy (non-hydrogen) atoms. The summed E-state index contributed by atoms with van der Waals surface area (Å²) in [5.41, 5.74) is 2.04. The number of hydrogen-bond acceptors (Lipinski definition) is 4. The van der Waals surface area contributed by atoms with Crippen LogP contribution in [0.2, 0.25) is 10.0 Å². The number of benzene rings is 2. The molecule has 1 fully saturated rings. The molecule has 0 bridgehead atoms. The molecule has 146 valence electrons. The molecule has 8 heteroatoms. The summed E-state index contributed by atoms with van der Waals surface area (Å²) in [6, 6.07) is 10.5. The van der Waals surface area contributed by atoms with Crippen LogP contribution >= 0.6 is 23.2 Å². The SMILES string of the molecule is CCOc1ccc(Cl)cc1S(=O)(=O)N1CCN(c2cccc(Cl)c2C)CC1. The van der Waals surface area contributed by atoms with Gasteiger partial charge in [0.15, 0.2) is 0 Å². The van der Waals surface area contributed by atoms with Gasteiger partial charge in [-0.05, 0) is 49.7 Å². The minimum Gasteiger partial charge on any atom is -0.492 e. The third-order valence-corrected chi connectivity index (χ3v) is 7.21. The second kappa shape index (κ2) is 8.27. The Morgan fingerprint density at radius 2 is 1.78 bits per heavy atom. The van der Waals surface area contributed by atoms with Gasteiger partial charge in [-0.2, -0.15) is 4.31 Å². The van der Waals surface area contributed by atoms with Crippen LogP contribution < -0.4 is 9.64 Å². The lowest BCUT2D eigenvalue weighted by atomic mass is 10.1. The number of halogens is 2. The van der Waals surface area contributed by atoms with Crippen LogP contribution in [0.25, 0.3) is 0 Å². The van der Waals surface area contributed by atoms with Crippen LogP contribution in [-0.4, -0.2) is 45.5 Å². The summed E-state index contributed by atoms with van der Waals surface area (Å²) in [5.74, 6) is 0.329. The molecule has 0 unspecified atom stereocenters. The van der Waals surface area contributed by atoms with Gasteiger partial charge < -0.3 is 9.64 Å². The van der Waals surface area contributed by atoms with Crippen LogP contribution in [0.1, 0.15) is 12.5 Å². The average Bonchev–Trinajstić information content (AvgIpc) is 2.65. The number of rotatable bonds is 5. The van der Waals surface area contributed by atoms with Crippen molar-refractivity contribution >= 4 is 38.9 Å². The highest BCUT2D eigenvalue weighted by Crippen LogP contribution is 2.32. The monoisotopic (exact) mass is 428 g/mol. The maximum absolute atomic E-state index is 13.1. The molecule has 5 nitrogen and oxygen atoms in total. The number of nitrogens with zero attached hydrogens (tertiary/aromatic N) is 2. The van der Waals surface area contributed by atoms with Crippen LogP contribution in [-0.2, 0) is 10.0 Å². The van der Waals surface area contributed by atoms with Crippen molar-refractivity contribution in [2.24, 2.45) is 0 Å². The van der Waals surface area contributed by atoms with Crippen molar-refractivity contribution in [3.05, 3.63) is 52.0 Å². The van der Waals surface area contributed by atoms with Gasteiger partial charge in [0.25, 0.3) is 0 Å². The lowest BCUT2D eigenvalue weighted by Crippen LogP contribution is -2.48. The zero-order valence-corrected chi connectivity index (χ0v) is 17.6. The number of ether oxygens (including phenoxy) is 1. The summed E-state index contributed by atoms with van der Waals surface area (Å²) >= 11 is 12.3. The van der Waals surface area contributed by atoms with E-state index in [2.05, 4.69) is 4.90 Å². The zero-order chi connectivity index (χ0) is 19.6. The third kappa shape index (κ3) is 4.19. The van der Waals surface area contributed by atoms with Crippen LogP contribution in [0.5, 0.6) is 5.75 Å². The van der Waals surface area contributed by atoms with Gasteiger partial charge in [0, 0.05) is 41.9 Å². The van der Waals surface area contributed by atoms with Crippen LogP contribution in [0.4, 0.5) is 5.69 Å². The van der Waals surface area contributed by atoms with Crippen LogP contribution in [0.3, 0.4) is 0 Å². The minimum absolute atomic E-state index is 0.115. The maximum Gasteiger partial charge on any atom is 0.246 e. The van der Waals surface area contributed by atoms with E-state index in [1.54, 1.807) is 12.1 Å². The zero-order valence-electron chi connectivity index (χ0n) is 15.3. The molecule has 0 radical (unpaired) electrons. The number of sulfonamides is 1. The summed E-state index contributed by atoms with van der Waals surface area (Å²) < 4.78 is 33.3. The molecule has 0 atom stereocenters. The Morgan fingerprint density at radius 3 is 2.44 bits per heavy atom. The van der Waals surface area contributed by atoms with Crippen molar-refractivity contribution in [2.75, 3.05) is 37.7 Å². The van der Waals surface area contributed by atoms with Gasteiger partial charge in [-0.1, -0.05) is 29.3 Å². The predicted octanol–water partition coefficient (Wildman–Crippen LogP) is 4.21. The Morgan fingerprint density at radius 1 is 1.07 bits per heavy atom. The van der Waals surface area contributed by atoms with E-state index in [0.29, 0.717) is 48.6 Å². The van der Waals surface area contributed by atoms with Crippen LogP contribution in [0.15, 0.2) is 41.3 Å². The minimum atomic E-state index is -3.69. The van der Waals surface area contributed by atoms with E-state index in [0.717, 1.165) is 11.3 Å². The predicted molar refractivity (Wildman–Crippen MR) is 110 cm³/mol. The summed E-state index contributed by atoms with van der Waals surface area (Å²) in [6.45, 7) is 6.11. The standard InChI is InChI=1S/C19H22Cl2N2O3S/c1-3-26-18-8-7-15(20)13-19(18)27(24,25)23-11-9-22(10-12-23)17-6-4-5-16(21)14(17)2/h4-8,13H,3,9-12H2,1-2H3. The van der Waals surface area contributed by atoms with Gasteiger partial charge >= 0.3 is 0 Å². The first-order valence-corrected chi connectivity index (χ1v) is 11.0. The number of anilines is 1. The van der Waals surface area contributed by atoms with E-state index in [1.165, 1.54) is 10.4 Å². The highest BCUT2D eigenvalue weighted by atomic mass is 35.5. The van der Waals surface area contributed by atoms with Gasteiger partial charge in [-0.3, -0.25) is 0 Å². The summed E-state index contributed by atoms with van der Waals surface area (Å²) in [7, 11) is -3.69. The van der Waals surface area contributed by atoms with Crippen molar-refractivity contribution in [2.45, 2.75) is 18.7 Å². The molecule has 1 aliphatic rings. The van der Waals surface area contributed by atoms with Crippen LogP contribution in [0, 0.1) is 6.92 Å². The molecular formula is C19H22Cl2N2O3S. The van der Waals surface area contributed by atoms with E-state index < -0.39 is 10.0 Å². The number of piperazine rings is 1. The molecule has 1 heterocycles. The molecule has 0 aliphatic carbocycles. The molecular weight excluding hydrogens is 407 g/mol. The smallest absolute Gasteiger partial charge is 0.246 e. The highest BCUT2D eigenvalue weighted by Gasteiger charge is 2.31. The van der Waals surface area contributed by atoms with Crippen molar-refractivity contribution in [1.29, 1.82) is 0 Å². The molecule has 2 aromatic rings. The normalized spacial score (nSPS) is 15.8. The second-order valence-corrected chi connectivity index (χ2v) is 9.05. The maximum atomic E-state index is 13.1. The van der Waals surface area contributed by atoms with E-state index >= 15 is 0 Å². The fraction of sp³-hybridized carbons (Fsp3) is 0.368. The molecule has 1 aliphatic heterocycles. The van der Waals surface area contributed by atoms with Gasteiger partial charge in [0.1, 0.15) is 10.6 Å². The van der Waals surface area contributed by atoms with Gasteiger partial charge in [0.05, 0.1) is 6.61 Å². The summed E-state index contributed by atoms with van der Waals surface area (Å²) in [4.78, 5) is 2.28. The Bertz CT molecular complexity index is 927. The van der Waals surface area contributed by atoms with Crippen molar-refractivity contribution in [3.8, 4) is 5.75 Å². The Hall–Kier alpha value is -1.47. The molecule has 0 N–H and O–H groups in total. The first-order valence-electron chi connectivity index (χ1n) is 8.77. The lowest BCUT2D eigenvalue weighted by molar-refractivity contribution is 0.327. The molecule has 1 saturated heterocycles. The average molecular weight is 429 g/mol. The molecule has 0 saturated carbocycles. The van der Waals surface area contributed by atoms with Crippen molar-refractivity contribution in [1.82, 2.24) is 4.31 Å². The van der Waals surface area contributed by atoms with Gasteiger partial charge in [-0.15, -0.1) is 0 Å². The number of hydrogen-bond donors (Lipinski definition) is 0. The molecule has 2 aromatic carbocycles. The fourth-order valence-corrected chi connectivity index (χ4v) is 5.19. The van der Waals surface area contributed by atoms with Gasteiger partial charge in [-0.25, -0.2) is 8.42 Å². The highest BCUT2D eigenvalue weighted by molar-refractivity contribution is 7.89. The van der Waals surface area contributed by atoms with E-state index in [4.69, 9.17) is 27.9 Å². The topological polar surface area (TPSA) is 49.9 Å². The third-order valence-electron chi connectivity index (χ3n) is 4.64. The van der Waals surface area contributed by atoms with Gasteiger partial charge in [0.2, 0.25) is 10.0 Å². The van der Waals surface area contributed by atoms with E-state index in [9.17, 15) is 8.42 Å². The molecule has 0 spiro atoms. The summed E-state index contributed by atoms with van der Waals surface area (Å²) in [5, 5.41) is 1.08. The van der Waals surface area contributed by atoms with E-state index in [1.807, 2.05) is 32.0 Å². The quantitative estimate of drug-likeness (QED) is 0.715. The largest absolute Gasteiger partial charge is 0.492 e. The first kappa shape index (κ1) is 20.3.